The summed E-state index contributed by atoms with van der Waals surface area (Å²) < 4.78 is 27.5. The highest BCUT2D eigenvalue weighted by Crippen LogP contribution is 2.46. The molecule has 2 aliphatic rings. The minimum atomic E-state index is -0.571. The average Bonchev–Trinajstić information content (AvgIpc) is 4.04. The lowest BCUT2D eigenvalue weighted by Gasteiger charge is -2.29. The number of halogens is 3. The van der Waals surface area contributed by atoms with Gasteiger partial charge in [-0.2, -0.15) is 0 Å². The number of nitrogens with zero attached hydrogens (tertiary/aromatic N) is 3. The number of aromatic nitrogens is 1. The van der Waals surface area contributed by atoms with Crippen LogP contribution < -0.4 is 0 Å². The maximum Gasteiger partial charge on any atom is 0.306 e. The van der Waals surface area contributed by atoms with Gasteiger partial charge >= 0.3 is 11.9 Å². The summed E-state index contributed by atoms with van der Waals surface area (Å²) in [4.78, 5) is 82.4. The Kier molecular flexibility index (Phi) is 16.2. The van der Waals surface area contributed by atoms with Crippen LogP contribution in [0, 0.1) is 29.5 Å². The van der Waals surface area contributed by atoms with Crippen molar-refractivity contribution < 1.29 is 42.6 Å². The van der Waals surface area contributed by atoms with Crippen LogP contribution in [0.4, 0.5) is 4.39 Å². The van der Waals surface area contributed by atoms with E-state index in [1.165, 1.54) is 26.4 Å². The molecule has 0 unspecified atom stereocenters. The fourth-order valence-corrected chi connectivity index (χ4v) is 10.2. The molecule has 2 aliphatic heterocycles. The Hall–Kier alpha value is -4.95. The lowest BCUT2D eigenvalue weighted by molar-refractivity contribution is -0.149. The smallest absolute Gasteiger partial charge is 0.306 e. The Labute approximate surface area is 391 Å². The van der Waals surface area contributed by atoms with Crippen LogP contribution in [-0.4, -0.2) is 89.1 Å². The maximum atomic E-state index is 14.3. The van der Waals surface area contributed by atoms with Crippen molar-refractivity contribution in [3.63, 3.8) is 0 Å². The quantitative estimate of drug-likeness (QED) is 0.0957. The van der Waals surface area contributed by atoms with Gasteiger partial charge in [0.15, 0.2) is 11.6 Å². The average molecular weight is 1010 g/mol. The molecule has 0 saturated carbocycles. The van der Waals surface area contributed by atoms with Gasteiger partial charge in [0.1, 0.15) is 5.82 Å². The van der Waals surface area contributed by atoms with Crippen molar-refractivity contribution >= 4 is 67.2 Å². The summed E-state index contributed by atoms with van der Waals surface area (Å²) in [5, 5.41) is 0. The van der Waals surface area contributed by atoms with E-state index in [0.717, 1.165) is 42.6 Å². The number of carbonyl (C=O) groups excluding carboxylic acids is 6. The molecule has 0 bridgehead atoms. The molecule has 0 spiro atoms. The molecule has 2 saturated heterocycles. The molecule has 4 aromatic rings. The predicted molar refractivity (Wildman–Crippen MR) is 249 cm³/mol. The standard InChI is InChI=1S/C50H56Br2FN3O8/c1-29(2)37(27-43(59)63-5)49(61)54-23-7-9-39(54)41(57)25-31-11-15-33(16-12-31)47-45(51)46(52)48(56(47)36-21-19-35(53)20-22-36)34-17-13-32(14-18-34)26-42(58)40-10-8-24-55(40)50(62)38(30(3)4)28-44(60)64-6/h11-22,29-30,37-40H,7-10,23-28H2,1-6H3/t37-,38-,39-,40-/m0/s1. The molecule has 0 radical (unpaired) electrons. The number of methoxy groups -OCH3 is 2. The van der Waals surface area contributed by atoms with Crippen LogP contribution in [0.15, 0.2) is 81.7 Å². The summed E-state index contributed by atoms with van der Waals surface area (Å²) >= 11 is 7.67. The second kappa shape index (κ2) is 21.4. The van der Waals surface area contributed by atoms with E-state index in [1.807, 2.05) is 80.8 Å². The fraction of sp³-hybridized carbons (Fsp3) is 0.440. The monoisotopic (exact) mass is 1000 g/mol. The molecule has 1 aromatic heterocycles. The van der Waals surface area contributed by atoms with Gasteiger partial charge in [0.05, 0.1) is 71.3 Å². The van der Waals surface area contributed by atoms with Crippen molar-refractivity contribution in [3.8, 4) is 28.2 Å². The minimum Gasteiger partial charge on any atom is -0.469 e. The number of Topliss-reactive ketones (excluding diaryl/α,β-unsaturated/α-hetero) is 2. The summed E-state index contributed by atoms with van der Waals surface area (Å²) in [7, 11) is 2.61. The fourth-order valence-electron chi connectivity index (χ4n) is 8.97. The molecule has 4 atom stereocenters. The van der Waals surface area contributed by atoms with E-state index in [0.29, 0.717) is 44.5 Å². The zero-order chi connectivity index (χ0) is 46.4. The highest BCUT2D eigenvalue weighted by atomic mass is 79.9. The van der Waals surface area contributed by atoms with E-state index in [-0.39, 0.29) is 66.7 Å². The second-order valence-electron chi connectivity index (χ2n) is 17.5. The first-order valence-corrected chi connectivity index (χ1v) is 23.5. The molecule has 3 aromatic carbocycles. The summed E-state index contributed by atoms with van der Waals surface area (Å²) in [6.07, 6.45) is 2.74. The van der Waals surface area contributed by atoms with Crippen LogP contribution in [0.3, 0.4) is 0 Å². The van der Waals surface area contributed by atoms with Crippen molar-refractivity contribution in [2.24, 2.45) is 23.7 Å². The molecule has 0 aliphatic carbocycles. The molecule has 340 valence electrons. The number of carbonyl (C=O) groups is 6. The SMILES string of the molecule is COC(=O)C[C@H](C(=O)N1CCC[C@H]1C(=O)Cc1ccc(-c2c(Br)c(Br)c(-c3ccc(CC(=O)[C@@H]4CCCN4C(=O)[C@@H](CC(=O)OC)C(C)C)cc3)n2-c2ccc(F)cc2)cc1)C(C)C. The summed E-state index contributed by atoms with van der Waals surface area (Å²) in [5.74, 6) is -3.13. The molecule has 2 fully saturated rings. The third kappa shape index (κ3) is 10.8. The lowest BCUT2D eigenvalue weighted by atomic mass is 9.90. The van der Waals surface area contributed by atoms with Gasteiger partial charge in [-0.3, -0.25) is 28.8 Å². The van der Waals surface area contributed by atoms with Crippen molar-refractivity contribution in [1.82, 2.24) is 14.4 Å². The van der Waals surface area contributed by atoms with Crippen molar-refractivity contribution in [2.45, 2.75) is 91.1 Å². The van der Waals surface area contributed by atoms with E-state index in [2.05, 4.69) is 31.9 Å². The van der Waals surface area contributed by atoms with Crippen molar-refractivity contribution in [1.29, 1.82) is 0 Å². The number of amides is 2. The highest BCUT2D eigenvalue weighted by molar-refractivity contribution is 9.13. The number of ether oxygens (including phenoxy) is 2. The zero-order valence-corrected chi connectivity index (χ0v) is 40.4. The normalized spacial score (nSPS) is 17.2. The van der Waals surface area contributed by atoms with E-state index in [4.69, 9.17) is 9.47 Å². The molecule has 64 heavy (non-hydrogen) atoms. The first-order chi connectivity index (χ1) is 30.5. The number of benzene rings is 3. The Morgan fingerprint density at radius 2 is 0.984 bits per heavy atom. The van der Waals surface area contributed by atoms with E-state index >= 15 is 0 Å². The lowest BCUT2D eigenvalue weighted by Crippen LogP contribution is -2.45. The van der Waals surface area contributed by atoms with Crippen LogP contribution in [0.1, 0.15) is 77.3 Å². The van der Waals surface area contributed by atoms with E-state index in [9.17, 15) is 33.2 Å². The van der Waals surface area contributed by atoms with Gasteiger partial charge in [-0.05, 0) is 116 Å². The van der Waals surface area contributed by atoms with Crippen LogP contribution >= 0.6 is 31.9 Å². The molecular formula is C50H56Br2FN3O8. The van der Waals surface area contributed by atoms with Gasteiger partial charge in [-0.1, -0.05) is 76.2 Å². The topological polar surface area (TPSA) is 132 Å². The molecule has 11 nitrogen and oxygen atoms in total. The summed E-state index contributed by atoms with van der Waals surface area (Å²) in [5.41, 5.74) is 5.48. The van der Waals surface area contributed by atoms with E-state index in [1.54, 1.807) is 21.9 Å². The van der Waals surface area contributed by atoms with Gasteiger partial charge in [0, 0.05) is 31.6 Å². The Bertz CT molecular complexity index is 2220. The van der Waals surface area contributed by atoms with Gasteiger partial charge in [-0.15, -0.1) is 0 Å². The minimum absolute atomic E-state index is 0.0313. The summed E-state index contributed by atoms with van der Waals surface area (Å²) in [6, 6.07) is 20.4. The molecule has 3 heterocycles. The van der Waals surface area contributed by atoms with Gasteiger partial charge in [-0.25, -0.2) is 4.39 Å². The number of hydrogen-bond acceptors (Lipinski definition) is 8. The molecule has 14 heteroatoms. The number of hydrogen-bond donors (Lipinski definition) is 0. The maximum absolute atomic E-state index is 14.3. The van der Waals surface area contributed by atoms with Crippen molar-refractivity contribution in [2.75, 3.05) is 27.3 Å². The van der Waals surface area contributed by atoms with E-state index < -0.39 is 35.9 Å². The van der Waals surface area contributed by atoms with Gasteiger partial charge < -0.3 is 23.8 Å². The first kappa shape index (κ1) is 48.5. The molecule has 2 amide bonds. The van der Waals surface area contributed by atoms with Crippen LogP contribution in [-0.2, 0) is 51.1 Å². The van der Waals surface area contributed by atoms with Crippen molar-refractivity contribution in [3.05, 3.63) is 98.7 Å². The molecule has 0 N–H and O–H groups in total. The van der Waals surface area contributed by atoms with Crippen LogP contribution in [0.2, 0.25) is 0 Å². The third-order valence-electron chi connectivity index (χ3n) is 12.6. The van der Waals surface area contributed by atoms with Gasteiger partial charge in [0.25, 0.3) is 0 Å². The number of esters is 2. The highest BCUT2D eigenvalue weighted by Gasteiger charge is 2.40. The Morgan fingerprint density at radius 1 is 0.609 bits per heavy atom. The number of ketones is 2. The predicted octanol–water partition coefficient (Wildman–Crippen LogP) is 9.35. The first-order valence-electron chi connectivity index (χ1n) is 21.9. The molecule has 6 rings (SSSR count). The van der Waals surface area contributed by atoms with Crippen LogP contribution in [0.25, 0.3) is 28.2 Å². The largest absolute Gasteiger partial charge is 0.469 e. The third-order valence-corrected chi connectivity index (χ3v) is 14.7. The Morgan fingerprint density at radius 3 is 1.33 bits per heavy atom. The molecular weight excluding hydrogens is 949 g/mol. The van der Waals surface area contributed by atoms with Crippen LogP contribution in [0.5, 0.6) is 0 Å². The number of likely N-dealkylation sites (tertiary alicyclic amines) is 2. The second-order valence-corrected chi connectivity index (χ2v) is 19.0. The summed E-state index contributed by atoms with van der Waals surface area (Å²) in [6.45, 7) is 8.50. The Balaban J connectivity index is 1.23. The number of rotatable bonds is 17. The van der Waals surface area contributed by atoms with Gasteiger partial charge in [0.2, 0.25) is 11.8 Å². The zero-order valence-electron chi connectivity index (χ0n) is 37.2.